The zero-order chi connectivity index (χ0) is 19.1. The second-order valence-electron chi connectivity index (χ2n) is 8.00. The van der Waals surface area contributed by atoms with Crippen LogP contribution in [0.5, 0.6) is 5.75 Å². The molecule has 0 aliphatic carbocycles. The molecule has 6 heteroatoms. The van der Waals surface area contributed by atoms with Gasteiger partial charge in [-0.3, -0.25) is 4.79 Å². The smallest absolute Gasteiger partial charge is 0.322 e. The second-order valence-corrected chi connectivity index (χ2v) is 8.00. The minimum Gasteiger partial charge on any atom is -0.493 e. The van der Waals surface area contributed by atoms with Gasteiger partial charge >= 0.3 is 5.97 Å². The Kier molecular flexibility index (Phi) is 5.03. The van der Waals surface area contributed by atoms with Crippen molar-refractivity contribution in [2.75, 3.05) is 13.7 Å². The van der Waals surface area contributed by atoms with E-state index in [1.54, 1.807) is 0 Å². The lowest BCUT2D eigenvalue weighted by Gasteiger charge is -2.30. The SMILES string of the molecule is COC(=O)[C@@H](N)Cc1ccc(C2OC(C)(C)C(C)(C)O2)c2c1CCCO2. The molecule has 0 radical (unpaired) electrons. The van der Waals surface area contributed by atoms with Crippen molar-refractivity contribution < 1.29 is 23.7 Å². The van der Waals surface area contributed by atoms with Crippen LogP contribution in [0, 0.1) is 0 Å². The van der Waals surface area contributed by atoms with Crippen LogP contribution in [0.25, 0.3) is 0 Å². The van der Waals surface area contributed by atoms with E-state index >= 15 is 0 Å². The summed E-state index contributed by atoms with van der Waals surface area (Å²) in [7, 11) is 1.35. The van der Waals surface area contributed by atoms with Gasteiger partial charge in [-0.1, -0.05) is 6.07 Å². The molecular weight excluding hydrogens is 334 g/mol. The molecule has 2 heterocycles. The molecule has 1 saturated heterocycles. The maximum absolute atomic E-state index is 11.7. The van der Waals surface area contributed by atoms with Gasteiger partial charge in [0.2, 0.25) is 0 Å². The van der Waals surface area contributed by atoms with Crippen molar-refractivity contribution in [3.8, 4) is 5.75 Å². The molecule has 1 atom stereocenters. The highest BCUT2D eigenvalue weighted by Gasteiger charge is 2.50. The lowest BCUT2D eigenvalue weighted by Crippen LogP contribution is -2.41. The number of nitrogens with two attached hydrogens (primary N) is 1. The molecular formula is C20H29NO5. The molecule has 2 aliphatic heterocycles. The van der Waals surface area contributed by atoms with Crippen molar-refractivity contribution in [1.82, 2.24) is 0 Å². The van der Waals surface area contributed by atoms with Crippen molar-refractivity contribution >= 4 is 5.97 Å². The molecule has 0 saturated carbocycles. The topological polar surface area (TPSA) is 80.0 Å². The summed E-state index contributed by atoms with van der Waals surface area (Å²) in [6.07, 6.45) is 1.75. The molecule has 1 aromatic carbocycles. The van der Waals surface area contributed by atoms with Crippen LogP contribution in [-0.4, -0.2) is 36.9 Å². The summed E-state index contributed by atoms with van der Waals surface area (Å²) in [5.74, 6) is 0.398. The average molecular weight is 363 g/mol. The number of carbonyl (C=O) groups is 1. The van der Waals surface area contributed by atoms with Crippen LogP contribution in [0.1, 0.15) is 57.1 Å². The Labute approximate surface area is 154 Å². The van der Waals surface area contributed by atoms with Crippen LogP contribution in [-0.2, 0) is 31.8 Å². The van der Waals surface area contributed by atoms with Gasteiger partial charge in [-0.05, 0) is 64.2 Å². The zero-order valence-electron chi connectivity index (χ0n) is 16.3. The maximum Gasteiger partial charge on any atom is 0.322 e. The Balaban J connectivity index is 1.93. The van der Waals surface area contributed by atoms with Gasteiger partial charge in [-0.2, -0.15) is 0 Å². The van der Waals surface area contributed by atoms with Gasteiger partial charge in [0.15, 0.2) is 6.29 Å². The third-order valence-corrected chi connectivity index (χ3v) is 5.66. The average Bonchev–Trinajstić information content (AvgIpc) is 2.81. The first-order valence-electron chi connectivity index (χ1n) is 9.13. The van der Waals surface area contributed by atoms with Crippen molar-refractivity contribution in [1.29, 1.82) is 0 Å². The first kappa shape index (κ1) is 19.1. The Morgan fingerprint density at radius 1 is 1.27 bits per heavy atom. The third kappa shape index (κ3) is 3.33. The molecule has 3 rings (SSSR count). The largest absolute Gasteiger partial charge is 0.493 e. The molecule has 1 fully saturated rings. The lowest BCUT2D eigenvalue weighted by atomic mass is 9.90. The van der Waals surface area contributed by atoms with E-state index in [9.17, 15) is 4.79 Å². The normalized spacial score (nSPS) is 22.4. The fourth-order valence-electron chi connectivity index (χ4n) is 3.37. The quantitative estimate of drug-likeness (QED) is 0.829. The van der Waals surface area contributed by atoms with E-state index in [0.717, 1.165) is 35.3 Å². The number of hydrogen-bond donors (Lipinski definition) is 1. The minimum atomic E-state index is -0.686. The number of carbonyl (C=O) groups excluding carboxylic acids is 1. The molecule has 0 aromatic heterocycles. The molecule has 0 bridgehead atoms. The van der Waals surface area contributed by atoms with Crippen LogP contribution in [0.3, 0.4) is 0 Å². The number of rotatable bonds is 4. The van der Waals surface area contributed by atoms with Gasteiger partial charge in [0.05, 0.1) is 30.5 Å². The van der Waals surface area contributed by atoms with Gasteiger partial charge in [0, 0.05) is 0 Å². The van der Waals surface area contributed by atoms with Gasteiger partial charge < -0.3 is 24.7 Å². The summed E-state index contributed by atoms with van der Waals surface area (Å²) >= 11 is 0. The van der Waals surface area contributed by atoms with E-state index in [-0.39, 0.29) is 0 Å². The highest BCUT2D eigenvalue weighted by molar-refractivity contribution is 5.75. The summed E-state index contributed by atoms with van der Waals surface area (Å²) in [6.45, 7) is 8.79. The number of ether oxygens (including phenoxy) is 4. The predicted molar refractivity (Wildman–Crippen MR) is 97.0 cm³/mol. The van der Waals surface area contributed by atoms with Crippen LogP contribution < -0.4 is 10.5 Å². The first-order valence-corrected chi connectivity index (χ1v) is 9.13. The Bertz CT molecular complexity index is 682. The molecule has 26 heavy (non-hydrogen) atoms. The van der Waals surface area contributed by atoms with Crippen LogP contribution in [0.4, 0.5) is 0 Å². The molecule has 2 aliphatic rings. The standard InChI is InChI=1S/C20H29NO5/c1-19(2)20(3,4)26-18(25-19)14-9-8-12(11-15(21)17(22)23-5)13-7-6-10-24-16(13)14/h8-9,15,18H,6-7,10-11,21H2,1-5H3/t15-/m0/s1. The van der Waals surface area contributed by atoms with E-state index in [2.05, 4.69) is 0 Å². The molecule has 0 amide bonds. The van der Waals surface area contributed by atoms with Crippen LogP contribution >= 0.6 is 0 Å². The maximum atomic E-state index is 11.7. The third-order valence-electron chi connectivity index (χ3n) is 5.66. The minimum absolute atomic E-state index is 0.412. The van der Waals surface area contributed by atoms with Gasteiger partial charge in [0.1, 0.15) is 11.8 Å². The lowest BCUT2D eigenvalue weighted by molar-refractivity contribution is -0.142. The van der Waals surface area contributed by atoms with Gasteiger partial charge in [-0.15, -0.1) is 0 Å². The first-order chi connectivity index (χ1) is 12.2. The Morgan fingerprint density at radius 2 is 1.92 bits per heavy atom. The molecule has 2 N–H and O–H groups in total. The summed E-state index contributed by atoms with van der Waals surface area (Å²) in [5, 5.41) is 0. The monoisotopic (exact) mass is 363 g/mol. The van der Waals surface area contributed by atoms with E-state index < -0.39 is 29.5 Å². The molecule has 144 valence electrons. The van der Waals surface area contributed by atoms with E-state index in [1.165, 1.54) is 7.11 Å². The van der Waals surface area contributed by atoms with Crippen molar-refractivity contribution in [2.45, 2.75) is 70.5 Å². The highest BCUT2D eigenvalue weighted by atomic mass is 16.7. The highest BCUT2D eigenvalue weighted by Crippen LogP contribution is 2.48. The molecule has 6 nitrogen and oxygen atoms in total. The Hall–Kier alpha value is -1.63. The summed E-state index contributed by atoms with van der Waals surface area (Å²) < 4.78 is 23.1. The van der Waals surface area contributed by atoms with E-state index in [4.69, 9.17) is 24.7 Å². The molecule has 0 spiro atoms. The number of fused-ring (bicyclic) bond motifs is 1. The van der Waals surface area contributed by atoms with Crippen LogP contribution in [0.2, 0.25) is 0 Å². The predicted octanol–water partition coefficient (Wildman–Crippen LogP) is 2.66. The number of esters is 1. The second kappa shape index (κ2) is 6.83. The summed E-state index contributed by atoms with van der Waals surface area (Å²) in [4.78, 5) is 11.7. The number of benzene rings is 1. The van der Waals surface area contributed by atoms with E-state index in [0.29, 0.717) is 13.0 Å². The zero-order valence-corrected chi connectivity index (χ0v) is 16.3. The number of methoxy groups -OCH3 is 1. The van der Waals surface area contributed by atoms with Gasteiger partial charge in [-0.25, -0.2) is 0 Å². The van der Waals surface area contributed by atoms with Crippen LogP contribution in [0.15, 0.2) is 12.1 Å². The van der Waals surface area contributed by atoms with Crippen molar-refractivity contribution in [2.24, 2.45) is 5.73 Å². The van der Waals surface area contributed by atoms with Crippen molar-refractivity contribution in [3.63, 3.8) is 0 Å². The van der Waals surface area contributed by atoms with Gasteiger partial charge in [0.25, 0.3) is 0 Å². The molecule has 0 unspecified atom stereocenters. The fraction of sp³-hybridized carbons (Fsp3) is 0.650. The fourth-order valence-corrected chi connectivity index (χ4v) is 3.37. The summed E-state index contributed by atoms with van der Waals surface area (Å²) in [6, 6.07) is 3.27. The number of hydrogen-bond acceptors (Lipinski definition) is 6. The molecule has 1 aromatic rings. The van der Waals surface area contributed by atoms with Crippen molar-refractivity contribution in [3.05, 3.63) is 28.8 Å². The summed E-state index contributed by atoms with van der Waals surface area (Å²) in [5.41, 5.74) is 8.13. The van der Waals surface area contributed by atoms with E-state index in [1.807, 2.05) is 39.8 Å². The Morgan fingerprint density at radius 3 is 2.54 bits per heavy atom.